The van der Waals surface area contributed by atoms with Crippen LogP contribution in [-0.4, -0.2) is 19.9 Å². The van der Waals surface area contributed by atoms with Gasteiger partial charge in [0.1, 0.15) is 11.9 Å². The van der Waals surface area contributed by atoms with Crippen LogP contribution in [0.5, 0.6) is 0 Å². The highest BCUT2D eigenvalue weighted by Crippen LogP contribution is 2.27. The van der Waals surface area contributed by atoms with Gasteiger partial charge >= 0.3 is 0 Å². The lowest BCUT2D eigenvalue weighted by Crippen LogP contribution is -2.04. The molecule has 1 atom stereocenters. The molecule has 2 aromatic heterocycles. The highest BCUT2D eigenvalue weighted by Gasteiger charge is 2.17. The van der Waals surface area contributed by atoms with Crippen molar-refractivity contribution in [2.24, 2.45) is 7.05 Å². The van der Waals surface area contributed by atoms with Crippen molar-refractivity contribution in [1.82, 2.24) is 14.8 Å². The zero-order valence-corrected chi connectivity index (χ0v) is 10.5. The van der Waals surface area contributed by atoms with Gasteiger partial charge in [-0.2, -0.15) is 5.10 Å². The zero-order valence-electron chi connectivity index (χ0n) is 10.5. The summed E-state index contributed by atoms with van der Waals surface area (Å²) in [5.41, 5.74) is 8.09. The van der Waals surface area contributed by atoms with Gasteiger partial charge in [0.05, 0.1) is 11.7 Å². The first-order valence-corrected chi connectivity index (χ1v) is 5.97. The van der Waals surface area contributed by atoms with Crippen LogP contribution in [0.25, 0.3) is 10.9 Å². The molecule has 0 aliphatic rings. The fourth-order valence-corrected chi connectivity index (χ4v) is 2.11. The maximum absolute atomic E-state index is 10.4. The molecule has 5 nitrogen and oxygen atoms in total. The average molecular weight is 254 g/mol. The molecule has 1 aromatic carbocycles. The SMILES string of the molecule is Cn1ncc(C(O)c2ccc3cccnc3c2)c1N. The third kappa shape index (κ3) is 1.94. The predicted molar refractivity (Wildman–Crippen MR) is 73.4 cm³/mol. The molecule has 0 aliphatic heterocycles. The van der Waals surface area contributed by atoms with E-state index in [0.29, 0.717) is 11.4 Å². The van der Waals surface area contributed by atoms with Crippen LogP contribution in [-0.2, 0) is 7.05 Å². The van der Waals surface area contributed by atoms with Crippen molar-refractivity contribution in [1.29, 1.82) is 0 Å². The van der Waals surface area contributed by atoms with E-state index >= 15 is 0 Å². The molecule has 3 rings (SSSR count). The highest BCUT2D eigenvalue weighted by atomic mass is 16.3. The lowest BCUT2D eigenvalue weighted by atomic mass is 10.0. The quantitative estimate of drug-likeness (QED) is 0.728. The molecule has 0 amide bonds. The van der Waals surface area contributed by atoms with Crippen molar-refractivity contribution in [2.45, 2.75) is 6.10 Å². The van der Waals surface area contributed by atoms with Crippen LogP contribution in [0, 0.1) is 0 Å². The first kappa shape index (κ1) is 11.7. The molecule has 3 aromatic rings. The van der Waals surface area contributed by atoms with Crippen molar-refractivity contribution in [3.8, 4) is 0 Å². The smallest absolute Gasteiger partial charge is 0.127 e. The lowest BCUT2D eigenvalue weighted by molar-refractivity contribution is 0.221. The first-order chi connectivity index (χ1) is 9.16. The number of nitrogens with two attached hydrogens (primary N) is 1. The van der Waals surface area contributed by atoms with Gasteiger partial charge in [-0.05, 0) is 17.7 Å². The largest absolute Gasteiger partial charge is 0.384 e. The van der Waals surface area contributed by atoms with Crippen molar-refractivity contribution >= 4 is 16.7 Å². The predicted octanol–water partition coefficient (Wildman–Crippen LogP) is 1.63. The number of aliphatic hydroxyl groups excluding tert-OH is 1. The number of hydrogen-bond donors (Lipinski definition) is 2. The van der Waals surface area contributed by atoms with E-state index in [1.807, 2.05) is 30.3 Å². The number of hydrogen-bond acceptors (Lipinski definition) is 4. The van der Waals surface area contributed by atoms with E-state index in [4.69, 9.17) is 5.73 Å². The Hall–Kier alpha value is -2.40. The maximum Gasteiger partial charge on any atom is 0.127 e. The second kappa shape index (κ2) is 4.37. The van der Waals surface area contributed by atoms with Gasteiger partial charge in [-0.3, -0.25) is 9.67 Å². The Bertz CT molecular complexity index is 735. The molecule has 19 heavy (non-hydrogen) atoms. The highest BCUT2D eigenvalue weighted by molar-refractivity contribution is 5.79. The molecule has 2 heterocycles. The second-order valence-electron chi connectivity index (χ2n) is 4.47. The van der Waals surface area contributed by atoms with Gasteiger partial charge in [-0.1, -0.05) is 18.2 Å². The number of nitrogen functional groups attached to an aromatic ring is 1. The molecule has 3 N–H and O–H groups in total. The van der Waals surface area contributed by atoms with Gasteiger partial charge in [0, 0.05) is 24.2 Å². The Kier molecular flexibility index (Phi) is 2.68. The van der Waals surface area contributed by atoms with Crippen LogP contribution < -0.4 is 5.73 Å². The van der Waals surface area contributed by atoms with Crippen LogP contribution in [0.1, 0.15) is 17.2 Å². The number of pyridine rings is 1. The number of aromatic nitrogens is 3. The summed E-state index contributed by atoms with van der Waals surface area (Å²) in [6, 6.07) is 9.55. The summed E-state index contributed by atoms with van der Waals surface area (Å²) < 4.78 is 1.54. The van der Waals surface area contributed by atoms with Crippen LogP contribution in [0.4, 0.5) is 5.82 Å². The Balaban J connectivity index is 2.06. The molecule has 0 bridgehead atoms. The van der Waals surface area contributed by atoms with Crippen molar-refractivity contribution in [2.75, 3.05) is 5.73 Å². The minimum absolute atomic E-state index is 0.466. The number of aliphatic hydroxyl groups is 1. The van der Waals surface area contributed by atoms with E-state index in [1.165, 1.54) is 4.68 Å². The Morgan fingerprint density at radius 3 is 2.89 bits per heavy atom. The Morgan fingerprint density at radius 1 is 1.32 bits per heavy atom. The van der Waals surface area contributed by atoms with Crippen LogP contribution in [0.2, 0.25) is 0 Å². The van der Waals surface area contributed by atoms with Gasteiger partial charge in [-0.15, -0.1) is 0 Å². The average Bonchev–Trinajstić information content (AvgIpc) is 2.78. The summed E-state index contributed by atoms with van der Waals surface area (Å²) in [6.07, 6.45) is 2.53. The summed E-state index contributed by atoms with van der Waals surface area (Å²) in [7, 11) is 1.74. The normalized spacial score (nSPS) is 12.7. The van der Waals surface area contributed by atoms with E-state index in [9.17, 15) is 5.11 Å². The Labute approximate surface area is 110 Å². The van der Waals surface area contributed by atoms with E-state index in [1.54, 1.807) is 19.4 Å². The van der Waals surface area contributed by atoms with Crippen molar-refractivity contribution in [3.63, 3.8) is 0 Å². The summed E-state index contributed by atoms with van der Waals surface area (Å²) in [4.78, 5) is 4.28. The third-order valence-electron chi connectivity index (χ3n) is 3.25. The molecule has 0 aliphatic carbocycles. The van der Waals surface area contributed by atoms with Gasteiger partial charge in [-0.25, -0.2) is 0 Å². The molecule has 5 heteroatoms. The van der Waals surface area contributed by atoms with Gasteiger partial charge in [0.25, 0.3) is 0 Å². The maximum atomic E-state index is 10.4. The number of nitrogens with zero attached hydrogens (tertiary/aromatic N) is 3. The Morgan fingerprint density at radius 2 is 2.16 bits per heavy atom. The van der Waals surface area contributed by atoms with E-state index in [2.05, 4.69) is 10.1 Å². The molecule has 0 saturated carbocycles. The molecule has 0 spiro atoms. The van der Waals surface area contributed by atoms with E-state index < -0.39 is 6.10 Å². The fourth-order valence-electron chi connectivity index (χ4n) is 2.11. The van der Waals surface area contributed by atoms with Gasteiger partial charge < -0.3 is 10.8 Å². The van der Waals surface area contributed by atoms with Crippen molar-refractivity contribution in [3.05, 3.63) is 53.9 Å². The molecular formula is C14H14N4O. The molecule has 0 radical (unpaired) electrons. The molecule has 0 saturated heterocycles. The first-order valence-electron chi connectivity index (χ1n) is 5.97. The molecule has 0 fully saturated rings. The van der Waals surface area contributed by atoms with Crippen LogP contribution >= 0.6 is 0 Å². The standard InChI is InChI=1S/C14H14N4O/c1-18-14(15)11(8-17-18)13(19)10-5-4-9-3-2-6-16-12(9)7-10/h2-8,13,19H,15H2,1H3. The summed E-state index contributed by atoms with van der Waals surface area (Å²) in [5.74, 6) is 0.466. The minimum Gasteiger partial charge on any atom is -0.384 e. The topological polar surface area (TPSA) is 77.0 Å². The number of aryl methyl sites for hydroxylation is 1. The summed E-state index contributed by atoms with van der Waals surface area (Å²) in [6.45, 7) is 0. The molecular weight excluding hydrogens is 240 g/mol. The summed E-state index contributed by atoms with van der Waals surface area (Å²) in [5, 5.41) is 15.5. The minimum atomic E-state index is -0.792. The van der Waals surface area contributed by atoms with E-state index in [-0.39, 0.29) is 0 Å². The number of anilines is 1. The molecule has 1 unspecified atom stereocenters. The monoisotopic (exact) mass is 254 g/mol. The lowest BCUT2D eigenvalue weighted by Gasteiger charge is -2.11. The van der Waals surface area contributed by atoms with Gasteiger partial charge in [0.2, 0.25) is 0 Å². The van der Waals surface area contributed by atoms with E-state index in [0.717, 1.165) is 16.5 Å². The van der Waals surface area contributed by atoms with Crippen LogP contribution in [0.15, 0.2) is 42.7 Å². The third-order valence-corrected chi connectivity index (χ3v) is 3.25. The summed E-state index contributed by atoms with van der Waals surface area (Å²) >= 11 is 0. The fraction of sp³-hybridized carbons (Fsp3) is 0.143. The number of rotatable bonds is 2. The molecule has 96 valence electrons. The van der Waals surface area contributed by atoms with Crippen molar-refractivity contribution < 1.29 is 5.11 Å². The number of benzene rings is 1. The van der Waals surface area contributed by atoms with Gasteiger partial charge in [0.15, 0.2) is 0 Å². The number of fused-ring (bicyclic) bond motifs is 1. The van der Waals surface area contributed by atoms with Crippen LogP contribution in [0.3, 0.4) is 0 Å². The zero-order chi connectivity index (χ0) is 13.4. The second-order valence-corrected chi connectivity index (χ2v) is 4.47.